The normalized spacial score (nSPS) is 10.4. The second-order valence-electron chi connectivity index (χ2n) is 4.31. The third-order valence-electron chi connectivity index (χ3n) is 2.65. The molecule has 2 aromatic carbocycles. The maximum Gasteiger partial charge on any atom is 0.337 e. The molecule has 0 radical (unpaired) electrons. The Bertz CT molecular complexity index is 733. The van der Waals surface area contributed by atoms with E-state index in [1.807, 2.05) is 0 Å². The van der Waals surface area contributed by atoms with Gasteiger partial charge >= 0.3 is 5.97 Å². The fraction of sp³-hybridized carbons (Fsp3) is 0.0714. The molecule has 108 valence electrons. The number of nitro benzene ring substituents is 1. The minimum absolute atomic E-state index is 0.00354. The van der Waals surface area contributed by atoms with Gasteiger partial charge in [0.2, 0.25) is 0 Å². The summed E-state index contributed by atoms with van der Waals surface area (Å²) in [5.74, 6) is -1.11. The van der Waals surface area contributed by atoms with Crippen molar-refractivity contribution in [3.05, 3.63) is 62.7 Å². The van der Waals surface area contributed by atoms with E-state index >= 15 is 0 Å². The first-order chi connectivity index (χ1) is 9.86. The van der Waals surface area contributed by atoms with Crippen molar-refractivity contribution in [1.82, 2.24) is 0 Å². The lowest BCUT2D eigenvalue weighted by Crippen LogP contribution is -1.97. The highest BCUT2D eigenvalue weighted by Crippen LogP contribution is 2.33. The number of non-ortho nitro benzene ring substituents is 1. The Morgan fingerprint density at radius 3 is 2.57 bits per heavy atom. The number of benzene rings is 2. The number of carboxylic acids is 1. The molecule has 0 fully saturated rings. The molecule has 0 aliphatic rings. The highest BCUT2D eigenvalue weighted by Gasteiger charge is 2.12. The number of hydrogen-bond acceptors (Lipinski definition) is 4. The average Bonchev–Trinajstić information content (AvgIpc) is 2.40. The molecule has 0 spiro atoms. The lowest BCUT2D eigenvalue weighted by Gasteiger charge is -2.05. The monoisotopic (exact) mass is 323 g/mol. The molecular formula is C14H10ClNO4S. The molecule has 0 bridgehead atoms. The summed E-state index contributed by atoms with van der Waals surface area (Å²) in [7, 11) is 0. The van der Waals surface area contributed by atoms with E-state index in [4.69, 9.17) is 16.7 Å². The first-order valence-electron chi connectivity index (χ1n) is 5.83. The van der Waals surface area contributed by atoms with Crippen molar-refractivity contribution in [2.45, 2.75) is 16.7 Å². The van der Waals surface area contributed by atoms with Crippen LogP contribution in [0.2, 0.25) is 5.02 Å². The zero-order valence-electron chi connectivity index (χ0n) is 10.9. The highest BCUT2D eigenvalue weighted by atomic mass is 35.5. The molecule has 0 aliphatic heterocycles. The summed E-state index contributed by atoms with van der Waals surface area (Å²) in [6.45, 7) is 1.77. The fourth-order valence-electron chi connectivity index (χ4n) is 1.76. The first-order valence-corrected chi connectivity index (χ1v) is 7.03. The molecule has 0 amide bonds. The minimum Gasteiger partial charge on any atom is -0.478 e. The molecule has 0 saturated heterocycles. The number of rotatable bonds is 4. The molecule has 0 unspecified atom stereocenters. The Morgan fingerprint density at radius 2 is 1.95 bits per heavy atom. The van der Waals surface area contributed by atoms with Crippen molar-refractivity contribution in [2.75, 3.05) is 0 Å². The predicted octanol–water partition coefficient (Wildman–Crippen LogP) is 4.41. The first kappa shape index (κ1) is 15.3. The number of nitrogens with zero attached hydrogens (tertiary/aromatic N) is 1. The summed E-state index contributed by atoms with van der Waals surface area (Å²) in [6.07, 6.45) is 0. The van der Waals surface area contributed by atoms with Crippen molar-refractivity contribution >= 4 is 35.0 Å². The third-order valence-corrected chi connectivity index (χ3v) is 3.94. The van der Waals surface area contributed by atoms with Gasteiger partial charge in [-0.05, 0) is 36.8 Å². The van der Waals surface area contributed by atoms with Crippen LogP contribution in [0, 0.1) is 17.0 Å². The Labute approximate surface area is 129 Å². The quantitative estimate of drug-likeness (QED) is 0.666. The molecule has 0 heterocycles. The van der Waals surface area contributed by atoms with Crippen LogP contribution in [-0.2, 0) is 0 Å². The molecule has 0 aliphatic carbocycles. The van der Waals surface area contributed by atoms with Crippen LogP contribution in [0.15, 0.2) is 46.2 Å². The zero-order valence-corrected chi connectivity index (χ0v) is 12.4. The number of halogens is 1. The maximum atomic E-state index is 11.0. The van der Waals surface area contributed by atoms with E-state index in [0.29, 0.717) is 9.79 Å². The van der Waals surface area contributed by atoms with Crippen molar-refractivity contribution in [3.63, 3.8) is 0 Å². The van der Waals surface area contributed by atoms with Crippen molar-refractivity contribution in [3.8, 4) is 0 Å². The van der Waals surface area contributed by atoms with Crippen molar-refractivity contribution in [2.24, 2.45) is 0 Å². The van der Waals surface area contributed by atoms with Gasteiger partial charge in [-0.2, -0.15) is 0 Å². The number of carboxylic acid groups (broad SMARTS) is 1. The van der Waals surface area contributed by atoms with E-state index in [0.717, 1.165) is 5.56 Å². The van der Waals surface area contributed by atoms with Crippen LogP contribution in [-0.4, -0.2) is 16.0 Å². The molecular weight excluding hydrogens is 314 g/mol. The van der Waals surface area contributed by atoms with E-state index in [1.165, 1.54) is 36.0 Å². The zero-order chi connectivity index (χ0) is 15.6. The summed E-state index contributed by atoms with van der Waals surface area (Å²) in [5.41, 5.74) is 0.771. The van der Waals surface area contributed by atoms with Crippen LogP contribution in [0.1, 0.15) is 15.9 Å². The van der Waals surface area contributed by atoms with E-state index in [-0.39, 0.29) is 16.3 Å². The number of aryl methyl sites for hydroxylation is 1. The van der Waals surface area contributed by atoms with Gasteiger partial charge in [-0.3, -0.25) is 10.1 Å². The van der Waals surface area contributed by atoms with Gasteiger partial charge in [-0.25, -0.2) is 4.79 Å². The number of nitro groups is 1. The number of hydrogen-bond donors (Lipinski definition) is 1. The standard InChI is InChI=1S/C14H10ClNO4S/c1-8-4-9(16(19)20)6-11(5-8)21-10-2-3-13(15)12(7-10)14(17)18/h2-7H,1H3,(H,17,18). The maximum absolute atomic E-state index is 11.0. The van der Waals surface area contributed by atoms with Gasteiger partial charge < -0.3 is 5.11 Å². The summed E-state index contributed by atoms with van der Waals surface area (Å²) in [5, 5.41) is 20.0. The van der Waals surface area contributed by atoms with Gasteiger partial charge in [0.15, 0.2) is 0 Å². The van der Waals surface area contributed by atoms with Crippen LogP contribution < -0.4 is 0 Å². The largest absolute Gasteiger partial charge is 0.478 e. The topological polar surface area (TPSA) is 80.4 Å². The molecule has 2 aromatic rings. The van der Waals surface area contributed by atoms with Gasteiger partial charge in [0.25, 0.3) is 5.69 Å². The highest BCUT2D eigenvalue weighted by molar-refractivity contribution is 7.99. The van der Waals surface area contributed by atoms with Gasteiger partial charge in [0.1, 0.15) is 0 Å². The fourth-order valence-corrected chi connectivity index (χ4v) is 2.97. The molecule has 7 heteroatoms. The molecule has 0 aromatic heterocycles. The van der Waals surface area contributed by atoms with E-state index in [2.05, 4.69) is 0 Å². The predicted molar refractivity (Wildman–Crippen MR) is 80.4 cm³/mol. The van der Waals surface area contributed by atoms with Gasteiger partial charge in [0, 0.05) is 21.9 Å². The van der Waals surface area contributed by atoms with Crippen LogP contribution in [0.4, 0.5) is 5.69 Å². The molecule has 0 atom stereocenters. The molecule has 0 saturated carbocycles. The van der Waals surface area contributed by atoms with Crippen LogP contribution >= 0.6 is 23.4 Å². The number of carbonyl (C=O) groups is 1. The Balaban J connectivity index is 2.36. The lowest BCUT2D eigenvalue weighted by molar-refractivity contribution is -0.385. The second-order valence-corrected chi connectivity index (χ2v) is 5.86. The molecule has 1 N–H and O–H groups in total. The lowest BCUT2D eigenvalue weighted by atomic mass is 10.2. The van der Waals surface area contributed by atoms with Crippen LogP contribution in [0.5, 0.6) is 0 Å². The molecule has 21 heavy (non-hydrogen) atoms. The van der Waals surface area contributed by atoms with Gasteiger partial charge in [-0.1, -0.05) is 23.4 Å². The van der Waals surface area contributed by atoms with E-state index in [9.17, 15) is 14.9 Å². The molecule has 2 rings (SSSR count). The summed E-state index contributed by atoms with van der Waals surface area (Å²) in [4.78, 5) is 22.7. The average molecular weight is 324 g/mol. The van der Waals surface area contributed by atoms with Crippen LogP contribution in [0.25, 0.3) is 0 Å². The summed E-state index contributed by atoms with van der Waals surface area (Å²) < 4.78 is 0. The Hall–Kier alpha value is -2.05. The van der Waals surface area contributed by atoms with E-state index in [1.54, 1.807) is 19.1 Å². The van der Waals surface area contributed by atoms with E-state index < -0.39 is 10.9 Å². The summed E-state index contributed by atoms with van der Waals surface area (Å²) >= 11 is 7.05. The van der Waals surface area contributed by atoms with Crippen molar-refractivity contribution in [1.29, 1.82) is 0 Å². The number of aromatic carboxylic acids is 1. The molecule has 5 nitrogen and oxygen atoms in total. The third kappa shape index (κ3) is 3.74. The Kier molecular flexibility index (Phi) is 4.50. The van der Waals surface area contributed by atoms with Gasteiger partial charge in [0.05, 0.1) is 15.5 Å². The second kappa shape index (κ2) is 6.15. The van der Waals surface area contributed by atoms with Crippen molar-refractivity contribution < 1.29 is 14.8 Å². The minimum atomic E-state index is -1.11. The Morgan fingerprint density at radius 1 is 1.24 bits per heavy atom. The van der Waals surface area contributed by atoms with Crippen LogP contribution in [0.3, 0.4) is 0 Å². The summed E-state index contributed by atoms with van der Waals surface area (Å²) in [6, 6.07) is 9.35. The smallest absolute Gasteiger partial charge is 0.337 e. The SMILES string of the molecule is Cc1cc(Sc2ccc(Cl)c(C(=O)O)c2)cc([N+](=O)[O-])c1. The van der Waals surface area contributed by atoms with Gasteiger partial charge in [-0.15, -0.1) is 0 Å².